The van der Waals surface area contributed by atoms with Gasteiger partial charge in [0.2, 0.25) is 0 Å². The molecule has 1 fully saturated rings. The largest absolute Gasteiger partial charge is 0.494 e. The fraction of sp³-hybridized carbons (Fsp3) is 0.600. The summed E-state index contributed by atoms with van der Waals surface area (Å²) in [7, 11) is 1.68. The van der Waals surface area contributed by atoms with E-state index >= 15 is 0 Å². The minimum Gasteiger partial charge on any atom is -0.494 e. The van der Waals surface area contributed by atoms with Gasteiger partial charge in [0.15, 0.2) is 0 Å². The molecule has 112 valence electrons. The van der Waals surface area contributed by atoms with Crippen molar-refractivity contribution in [3.8, 4) is 5.75 Å². The maximum atomic E-state index is 5.43. The van der Waals surface area contributed by atoms with Gasteiger partial charge >= 0.3 is 0 Å². The number of hydrogen-bond acceptors (Lipinski definition) is 3. The molecule has 1 heterocycles. The van der Waals surface area contributed by atoms with Crippen molar-refractivity contribution in [2.45, 2.75) is 26.3 Å². The van der Waals surface area contributed by atoms with Crippen LogP contribution in [0.5, 0.6) is 5.75 Å². The highest BCUT2D eigenvalue weighted by Gasteiger charge is 2.26. The number of nitrogens with one attached hydrogen (secondary N) is 1. The molecule has 1 saturated heterocycles. The molecule has 0 spiro atoms. The van der Waals surface area contributed by atoms with E-state index in [1.165, 1.54) is 5.56 Å². The van der Waals surface area contributed by atoms with E-state index in [1.807, 2.05) is 0 Å². The van der Waals surface area contributed by atoms with Crippen LogP contribution in [-0.2, 0) is 11.3 Å². The van der Waals surface area contributed by atoms with Crippen molar-refractivity contribution in [2.75, 3.05) is 26.9 Å². The van der Waals surface area contributed by atoms with E-state index in [-0.39, 0.29) is 0 Å². The van der Waals surface area contributed by atoms with Crippen molar-refractivity contribution in [3.63, 3.8) is 0 Å². The summed E-state index contributed by atoms with van der Waals surface area (Å²) in [5.41, 5.74) is 1.60. The molecule has 0 atom stereocenters. The van der Waals surface area contributed by atoms with Crippen molar-refractivity contribution in [1.82, 2.24) is 5.32 Å². The summed E-state index contributed by atoms with van der Waals surface area (Å²) in [6, 6.07) is 4.20. The second kappa shape index (κ2) is 7.25. The molecule has 0 aliphatic carbocycles. The van der Waals surface area contributed by atoms with Gasteiger partial charge in [0, 0.05) is 26.3 Å². The lowest BCUT2D eigenvalue weighted by atomic mass is 9.82. The first-order valence-corrected chi connectivity index (χ1v) is 8.43. The Hall–Kier alpha value is -0.100. The molecule has 1 N–H and O–H groups in total. The van der Waals surface area contributed by atoms with Gasteiger partial charge in [-0.1, -0.05) is 6.92 Å². The van der Waals surface area contributed by atoms with Crippen LogP contribution in [-0.4, -0.2) is 26.9 Å². The van der Waals surface area contributed by atoms with Crippen molar-refractivity contribution < 1.29 is 9.47 Å². The lowest BCUT2D eigenvalue weighted by Crippen LogP contribution is -2.36. The van der Waals surface area contributed by atoms with E-state index in [2.05, 4.69) is 56.2 Å². The molecule has 0 amide bonds. The van der Waals surface area contributed by atoms with E-state index in [0.29, 0.717) is 5.41 Å². The van der Waals surface area contributed by atoms with Gasteiger partial charge in [0.25, 0.3) is 0 Å². The summed E-state index contributed by atoms with van der Waals surface area (Å²) < 4.78 is 12.7. The van der Waals surface area contributed by atoms with E-state index in [1.54, 1.807) is 7.11 Å². The Morgan fingerprint density at radius 1 is 1.25 bits per heavy atom. The summed E-state index contributed by atoms with van der Waals surface area (Å²) in [5, 5.41) is 3.57. The normalized spacial score (nSPS) is 18.0. The number of ether oxygens (including phenoxy) is 2. The molecule has 0 saturated carbocycles. The molecule has 1 aromatic carbocycles. The SMILES string of the molecule is COc1c(Br)cc(CNCC2(C)CCOCC2)cc1Br. The van der Waals surface area contributed by atoms with Gasteiger partial charge in [-0.2, -0.15) is 0 Å². The van der Waals surface area contributed by atoms with Gasteiger partial charge in [-0.3, -0.25) is 0 Å². The Bertz CT molecular complexity index is 436. The van der Waals surface area contributed by atoms with Crippen LogP contribution >= 0.6 is 31.9 Å². The van der Waals surface area contributed by atoms with Gasteiger partial charge in [0.1, 0.15) is 5.75 Å². The lowest BCUT2D eigenvalue weighted by molar-refractivity contribution is 0.0240. The van der Waals surface area contributed by atoms with Crippen LogP contribution in [0.25, 0.3) is 0 Å². The minimum absolute atomic E-state index is 0.360. The third kappa shape index (κ3) is 4.20. The quantitative estimate of drug-likeness (QED) is 0.797. The molecular formula is C15H21Br2NO2. The molecule has 0 bridgehead atoms. The van der Waals surface area contributed by atoms with Gasteiger partial charge in [-0.25, -0.2) is 0 Å². The summed E-state index contributed by atoms with van der Waals surface area (Å²) in [4.78, 5) is 0. The predicted molar refractivity (Wildman–Crippen MR) is 88.3 cm³/mol. The zero-order chi connectivity index (χ0) is 14.6. The fourth-order valence-corrected chi connectivity index (χ4v) is 4.06. The van der Waals surface area contributed by atoms with Crippen LogP contribution < -0.4 is 10.1 Å². The number of benzene rings is 1. The third-order valence-electron chi connectivity index (χ3n) is 3.84. The number of methoxy groups -OCH3 is 1. The standard InChI is InChI=1S/C15H21Br2NO2/c1-15(3-5-20-6-4-15)10-18-9-11-7-12(16)14(19-2)13(17)8-11/h7-8,18H,3-6,9-10H2,1-2H3. The molecule has 1 aliphatic heterocycles. The number of hydrogen-bond donors (Lipinski definition) is 1. The Balaban J connectivity index is 1.91. The maximum Gasteiger partial charge on any atom is 0.147 e. The highest BCUT2D eigenvalue weighted by atomic mass is 79.9. The molecule has 0 unspecified atom stereocenters. The highest BCUT2D eigenvalue weighted by Crippen LogP contribution is 2.34. The van der Waals surface area contributed by atoms with Crippen LogP contribution in [0.1, 0.15) is 25.3 Å². The Morgan fingerprint density at radius 2 is 1.85 bits per heavy atom. The molecule has 1 aliphatic rings. The van der Waals surface area contributed by atoms with Crippen LogP contribution in [0, 0.1) is 5.41 Å². The third-order valence-corrected chi connectivity index (χ3v) is 5.02. The van der Waals surface area contributed by atoms with Crippen LogP contribution in [0.4, 0.5) is 0 Å². The maximum absolute atomic E-state index is 5.43. The van der Waals surface area contributed by atoms with E-state index in [9.17, 15) is 0 Å². The minimum atomic E-state index is 0.360. The molecular weight excluding hydrogens is 386 g/mol. The average Bonchev–Trinajstić information content (AvgIpc) is 2.39. The lowest BCUT2D eigenvalue weighted by Gasteiger charge is -2.33. The van der Waals surface area contributed by atoms with Crippen molar-refractivity contribution >= 4 is 31.9 Å². The monoisotopic (exact) mass is 405 g/mol. The second-order valence-electron chi connectivity index (χ2n) is 5.62. The summed E-state index contributed by atoms with van der Waals surface area (Å²) >= 11 is 7.08. The number of halogens is 2. The zero-order valence-electron chi connectivity index (χ0n) is 12.0. The molecule has 2 rings (SSSR count). The predicted octanol–water partition coefficient (Wildman–Crippen LogP) is 4.13. The smallest absolute Gasteiger partial charge is 0.147 e. The Labute approximate surface area is 137 Å². The summed E-state index contributed by atoms with van der Waals surface area (Å²) in [6.45, 7) is 5.99. The van der Waals surface area contributed by atoms with Crippen molar-refractivity contribution in [1.29, 1.82) is 0 Å². The van der Waals surface area contributed by atoms with E-state index in [0.717, 1.165) is 53.8 Å². The Kier molecular flexibility index (Phi) is 5.90. The van der Waals surface area contributed by atoms with Gasteiger partial charge in [0.05, 0.1) is 16.1 Å². The highest BCUT2D eigenvalue weighted by molar-refractivity contribution is 9.11. The summed E-state index contributed by atoms with van der Waals surface area (Å²) in [6.07, 6.45) is 2.27. The fourth-order valence-electron chi connectivity index (χ4n) is 2.46. The molecule has 5 heteroatoms. The van der Waals surface area contributed by atoms with Crippen LogP contribution in [0.2, 0.25) is 0 Å². The average molecular weight is 407 g/mol. The first-order valence-electron chi connectivity index (χ1n) is 6.84. The first-order chi connectivity index (χ1) is 9.54. The van der Waals surface area contributed by atoms with E-state index < -0.39 is 0 Å². The summed E-state index contributed by atoms with van der Waals surface area (Å²) in [5.74, 6) is 0.838. The molecule has 20 heavy (non-hydrogen) atoms. The number of rotatable bonds is 5. The van der Waals surface area contributed by atoms with Gasteiger partial charge < -0.3 is 14.8 Å². The van der Waals surface area contributed by atoms with Gasteiger partial charge in [-0.05, 0) is 67.8 Å². The second-order valence-corrected chi connectivity index (χ2v) is 7.33. The Morgan fingerprint density at radius 3 is 2.40 bits per heavy atom. The van der Waals surface area contributed by atoms with Gasteiger partial charge in [-0.15, -0.1) is 0 Å². The van der Waals surface area contributed by atoms with Crippen molar-refractivity contribution in [3.05, 3.63) is 26.6 Å². The van der Waals surface area contributed by atoms with Crippen LogP contribution in [0.3, 0.4) is 0 Å². The van der Waals surface area contributed by atoms with E-state index in [4.69, 9.17) is 9.47 Å². The first kappa shape index (κ1) is 16.3. The molecule has 1 aromatic rings. The molecule has 0 aromatic heterocycles. The topological polar surface area (TPSA) is 30.5 Å². The molecule has 3 nitrogen and oxygen atoms in total. The van der Waals surface area contributed by atoms with Crippen molar-refractivity contribution in [2.24, 2.45) is 5.41 Å². The zero-order valence-corrected chi connectivity index (χ0v) is 15.1. The van der Waals surface area contributed by atoms with Crippen LogP contribution in [0.15, 0.2) is 21.1 Å². The molecule has 0 radical (unpaired) electrons.